The van der Waals surface area contributed by atoms with E-state index in [1.165, 1.54) is 11.3 Å². The second-order valence-corrected chi connectivity index (χ2v) is 10.5. The molecule has 1 aliphatic rings. The zero-order valence-corrected chi connectivity index (χ0v) is 19.1. The molecule has 1 N–H and O–H groups in total. The van der Waals surface area contributed by atoms with Crippen LogP contribution in [0, 0.1) is 0 Å². The smallest absolute Gasteiger partial charge is 0.243 e. The lowest BCUT2D eigenvalue weighted by molar-refractivity contribution is -0.115. The molecule has 0 saturated carbocycles. The summed E-state index contributed by atoms with van der Waals surface area (Å²) >= 11 is 1.42. The minimum atomic E-state index is -3.57. The minimum absolute atomic E-state index is 0.0164. The number of piperidine rings is 1. The standard InChI is InChI=1S/C22H25N3O4S2/c1-15-5-3-6-16(2)25(15)31(27,28)19-10-8-17(9-11-19)23-21(26)13-18-14-30-22(24-18)20-7-4-12-29-20/h4,7-12,14-16H,3,5-6,13H2,1-2H3,(H,23,26). The summed E-state index contributed by atoms with van der Waals surface area (Å²) in [5.41, 5.74) is 1.20. The molecule has 1 aliphatic heterocycles. The van der Waals surface area contributed by atoms with Crippen LogP contribution in [0.25, 0.3) is 10.8 Å². The molecule has 1 saturated heterocycles. The topological polar surface area (TPSA) is 92.5 Å². The van der Waals surface area contributed by atoms with Gasteiger partial charge in [-0.05, 0) is 63.1 Å². The van der Waals surface area contributed by atoms with Gasteiger partial charge in [0.15, 0.2) is 10.8 Å². The van der Waals surface area contributed by atoms with E-state index in [9.17, 15) is 13.2 Å². The summed E-state index contributed by atoms with van der Waals surface area (Å²) in [6.07, 6.45) is 4.49. The quantitative estimate of drug-likeness (QED) is 0.584. The Hall–Kier alpha value is -2.49. The lowest BCUT2D eigenvalue weighted by atomic mass is 10.0. The molecule has 2 unspecified atom stereocenters. The fraction of sp³-hybridized carbons (Fsp3) is 0.364. The Labute approximate surface area is 186 Å². The summed E-state index contributed by atoms with van der Waals surface area (Å²) < 4.78 is 33.2. The molecule has 31 heavy (non-hydrogen) atoms. The van der Waals surface area contributed by atoms with Gasteiger partial charge in [-0.3, -0.25) is 4.79 Å². The molecular weight excluding hydrogens is 434 g/mol. The monoisotopic (exact) mass is 459 g/mol. The highest BCUT2D eigenvalue weighted by Gasteiger charge is 2.35. The normalized spacial score (nSPS) is 19.9. The van der Waals surface area contributed by atoms with E-state index in [0.29, 0.717) is 17.1 Å². The molecule has 0 radical (unpaired) electrons. The second-order valence-electron chi connectivity index (χ2n) is 7.83. The number of hydrogen-bond donors (Lipinski definition) is 1. The molecule has 0 spiro atoms. The fourth-order valence-electron chi connectivity index (χ4n) is 3.97. The molecule has 1 fully saturated rings. The molecule has 9 heteroatoms. The molecule has 1 aromatic carbocycles. The van der Waals surface area contributed by atoms with E-state index in [0.717, 1.165) is 24.3 Å². The molecule has 7 nitrogen and oxygen atoms in total. The number of amides is 1. The van der Waals surface area contributed by atoms with E-state index in [4.69, 9.17) is 4.42 Å². The third-order valence-corrected chi connectivity index (χ3v) is 8.50. The van der Waals surface area contributed by atoms with Crippen molar-refractivity contribution >= 4 is 33.0 Å². The van der Waals surface area contributed by atoms with Gasteiger partial charge in [0.25, 0.3) is 0 Å². The number of anilines is 1. The zero-order valence-electron chi connectivity index (χ0n) is 17.4. The van der Waals surface area contributed by atoms with Gasteiger partial charge in [-0.25, -0.2) is 13.4 Å². The molecule has 3 aromatic rings. The van der Waals surface area contributed by atoms with Gasteiger partial charge in [0.2, 0.25) is 15.9 Å². The van der Waals surface area contributed by atoms with Crippen molar-refractivity contribution in [2.75, 3.05) is 5.32 Å². The first kappa shape index (κ1) is 21.7. The second kappa shape index (κ2) is 8.94. The molecule has 3 heterocycles. The highest BCUT2D eigenvalue weighted by molar-refractivity contribution is 7.89. The Morgan fingerprint density at radius 3 is 2.55 bits per heavy atom. The van der Waals surface area contributed by atoms with E-state index < -0.39 is 10.0 Å². The van der Waals surface area contributed by atoms with Gasteiger partial charge in [0.05, 0.1) is 23.3 Å². The summed E-state index contributed by atoms with van der Waals surface area (Å²) in [6, 6.07) is 9.94. The molecule has 4 rings (SSSR count). The van der Waals surface area contributed by atoms with Crippen molar-refractivity contribution in [1.29, 1.82) is 0 Å². The highest BCUT2D eigenvalue weighted by Crippen LogP contribution is 2.30. The molecule has 2 atom stereocenters. The number of carbonyl (C=O) groups is 1. The summed E-state index contributed by atoms with van der Waals surface area (Å²) in [5.74, 6) is 0.455. The predicted molar refractivity (Wildman–Crippen MR) is 120 cm³/mol. The van der Waals surface area contributed by atoms with Crippen molar-refractivity contribution in [3.05, 3.63) is 53.7 Å². The first-order valence-electron chi connectivity index (χ1n) is 10.3. The van der Waals surface area contributed by atoms with Crippen molar-refractivity contribution in [3.8, 4) is 10.8 Å². The number of sulfonamides is 1. The predicted octanol–water partition coefficient (Wildman–Crippen LogP) is 4.54. The first-order chi connectivity index (χ1) is 14.8. The van der Waals surface area contributed by atoms with Crippen LogP contribution in [0.5, 0.6) is 0 Å². The lowest BCUT2D eigenvalue weighted by Gasteiger charge is -2.37. The Bertz CT molecular complexity index is 1130. The number of rotatable bonds is 6. The zero-order chi connectivity index (χ0) is 22.0. The highest BCUT2D eigenvalue weighted by atomic mass is 32.2. The van der Waals surface area contributed by atoms with Gasteiger partial charge < -0.3 is 9.73 Å². The van der Waals surface area contributed by atoms with Gasteiger partial charge in [0, 0.05) is 23.2 Å². The number of thiazole rings is 1. The maximum absolute atomic E-state index is 13.1. The molecular formula is C22H25N3O4S2. The Morgan fingerprint density at radius 2 is 1.90 bits per heavy atom. The minimum Gasteiger partial charge on any atom is -0.462 e. The number of carbonyl (C=O) groups excluding carboxylic acids is 1. The maximum Gasteiger partial charge on any atom is 0.243 e. The summed E-state index contributed by atoms with van der Waals surface area (Å²) in [7, 11) is -3.57. The largest absolute Gasteiger partial charge is 0.462 e. The fourth-order valence-corrected chi connectivity index (χ4v) is 6.64. The number of nitrogens with one attached hydrogen (secondary N) is 1. The van der Waals surface area contributed by atoms with E-state index in [1.807, 2.05) is 25.3 Å². The summed E-state index contributed by atoms with van der Waals surface area (Å²) in [5, 5.41) is 5.36. The number of furan rings is 1. The number of hydrogen-bond acceptors (Lipinski definition) is 6. The van der Waals surface area contributed by atoms with Crippen LogP contribution < -0.4 is 5.32 Å². The molecule has 0 bridgehead atoms. The van der Waals surface area contributed by atoms with Gasteiger partial charge in [0.1, 0.15) is 0 Å². The number of benzene rings is 1. The Kier molecular flexibility index (Phi) is 6.27. The van der Waals surface area contributed by atoms with E-state index in [2.05, 4.69) is 10.3 Å². The lowest BCUT2D eigenvalue weighted by Crippen LogP contribution is -2.47. The van der Waals surface area contributed by atoms with Gasteiger partial charge in [-0.2, -0.15) is 4.31 Å². The number of nitrogens with zero attached hydrogens (tertiary/aromatic N) is 2. The van der Waals surface area contributed by atoms with Crippen molar-refractivity contribution < 1.29 is 17.6 Å². The average Bonchev–Trinajstić information content (AvgIpc) is 3.40. The van der Waals surface area contributed by atoms with Crippen LogP contribution >= 0.6 is 11.3 Å². The first-order valence-corrected chi connectivity index (χ1v) is 12.6. The van der Waals surface area contributed by atoms with Crippen molar-refractivity contribution in [3.63, 3.8) is 0 Å². The number of aromatic nitrogens is 1. The molecule has 164 valence electrons. The van der Waals surface area contributed by atoms with Crippen molar-refractivity contribution in [1.82, 2.24) is 9.29 Å². The maximum atomic E-state index is 13.1. The summed E-state index contributed by atoms with van der Waals surface area (Å²) in [4.78, 5) is 17.1. The third-order valence-electron chi connectivity index (χ3n) is 5.45. The van der Waals surface area contributed by atoms with Gasteiger partial charge in [-0.15, -0.1) is 11.3 Å². The van der Waals surface area contributed by atoms with Crippen LogP contribution in [-0.2, 0) is 21.2 Å². The Morgan fingerprint density at radius 1 is 1.19 bits per heavy atom. The Balaban J connectivity index is 1.41. The van der Waals surface area contributed by atoms with E-state index in [-0.39, 0.29) is 29.3 Å². The van der Waals surface area contributed by atoms with Crippen LogP contribution in [0.3, 0.4) is 0 Å². The van der Waals surface area contributed by atoms with Crippen LogP contribution in [0.1, 0.15) is 38.8 Å². The van der Waals surface area contributed by atoms with Crippen molar-refractivity contribution in [2.24, 2.45) is 0 Å². The third kappa shape index (κ3) is 4.73. The van der Waals surface area contributed by atoms with Gasteiger partial charge in [-0.1, -0.05) is 6.42 Å². The SMILES string of the molecule is CC1CCCC(C)N1S(=O)(=O)c1ccc(NC(=O)Cc2csc(-c3ccco3)n2)cc1. The molecule has 1 amide bonds. The van der Waals surface area contributed by atoms with Crippen LogP contribution in [0.2, 0.25) is 0 Å². The average molecular weight is 460 g/mol. The van der Waals surface area contributed by atoms with Crippen LogP contribution in [-0.4, -0.2) is 35.7 Å². The summed E-state index contributed by atoms with van der Waals surface area (Å²) in [6.45, 7) is 3.91. The van der Waals surface area contributed by atoms with Gasteiger partial charge >= 0.3 is 0 Å². The molecule has 2 aromatic heterocycles. The van der Waals surface area contributed by atoms with Crippen molar-refractivity contribution in [2.45, 2.75) is 56.5 Å². The van der Waals surface area contributed by atoms with Crippen LogP contribution in [0.4, 0.5) is 5.69 Å². The molecule has 0 aliphatic carbocycles. The van der Waals surface area contributed by atoms with E-state index >= 15 is 0 Å². The van der Waals surface area contributed by atoms with E-state index in [1.54, 1.807) is 40.9 Å². The van der Waals surface area contributed by atoms with Crippen LogP contribution in [0.15, 0.2) is 57.4 Å².